The van der Waals surface area contributed by atoms with E-state index in [0.29, 0.717) is 41.0 Å². The molecule has 184 valence electrons. The minimum atomic E-state index is 0.233. The fourth-order valence-corrected chi connectivity index (χ4v) is 4.18. The molecule has 0 N–H and O–H groups in total. The molecule has 0 saturated carbocycles. The van der Waals surface area contributed by atoms with Crippen molar-refractivity contribution in [3.05, 3.63) is 59.1 Å². The topological polar surface area (TPSA) is 127 Å². The Hall–Kier alpha value is -4.30. The summed E-state index contributed by atoms with van der Waals surface area (Å²) in [6, 6.07) is 9.73. The second kappa shape index (κ2) is 10.1. The van der Waals surface area contributed by atoms with E-state index in [2.05, 4.69) is 44.1 Å². The average Bonchev–Trinajstić information content (AvgIpc) is 3.50. The van der Waals surface area contributed by atoms with Crippen molar-refractivity contribution in [3.8, 4) is 29.2 Å². The summed E-state index contributed by atoms with van der Waals surface area (Å²) in [5.41, 5.74) is 5.20. The van der Waals surface area contributed by atoms with Crippen molar-refractivity contribution >= 4 is 5.65 Å². The second-order valence-electron chi connectivity index (χ2n) is 8.70. The van der Waals surface area contributed by atoms with Crippen LogP contribution in [-0.2, 0) is 19.6 Å². The average molecular weight is 487 g/mol. The molecule has 4 aromatic rings. The minimum Gasteiger partial charge on any atom is -0.491 e. The van der Waals surface area contributed by atoms with Crippen LogP contribution in [-0.4, -0.2) is 55.1 Å². The number of methoxy groups -OCH3 is 1. The van der Waals surface area contributed by atoms with Gasteiger partial charge in [-0.25, -0.2) is 0 Å². The molecule has 0 spiro atoms. The van der Waals surface area contributed by atoms with Crippen LogP contribution < -0.4 is 9.47 Å². The molecule has 0 atom stereocenters. The van der Waals surface area contributed by atoms with Crippen molar-refractivity contribution < 1.29 is 14.0 Å². The molecule has 0 fully saturated rings. The Labute approximate surface area is 208 Å². The molecule has 1 aliphatic rings. The monoisotopic (exact) mass is 486 g/mol. The molecule has 0 aromatic carbocycles. The molecule has 0 saturated heterocycles. The lowest BCUT2D eigenvalue weighted by Gasteiger charge is -2.29. The van der Waals surface area contributed by atoms with Crippen LogP contribution in [0, 0.1) is 18.3 Å². The van der Waals surface area contributed by atoms with E-state index < -0.39 is 0 Å². The second-order valence-corrected chi connectivity index (χ2v) is 8.70. The standard InChI is InChI=1S/C25H26N8O3/c1-16(5-4-9-26)13-32-10-8-20-18(14-32)6-7-19(27-20)15-35-25-22(34-3)12-23-28-29-24(33(23)30-25)21-11-17(2)36-31-21/h6-7,11-12H,1,4-5,8,10,13-15H2,2-3H3. The van der Waals surface area contributed by atoms with Crippen molar-refractivity contribution in [1.82, 2.24) is 34.9 Å². The van der Waals surface area contributed by atoms with Gasteiger partial charge in [-0.2, -0.15) is 9.78 Å². The Morgan fingerprint density at radius 3 is 2.94 bits per heavy atom. The van der Waals surface area contributed by atoms with Crippen LogP contribution in [0.25, 0.3) is 17.2 Å². The van der Waals surface area contributed by atoms with Crippen molar-refractivity contribution in [2.45, 2.75) is 39.3 Å². The van der Waals surface area contributed by atoms with Gasteiger partial charge >= 0.3 is 0 Å². The highest BCUT2D eigenvalue weighted by molar-refractivity contribution is 5.56. The summed E-state index contributed by atoms with van der Waals surface area (Å²) in [5.74, 6) is 1.86. The van der Waals surface area contributed by atoms with Crippen LogP contribution in [0.4, 0.5) is 0 Å². The third kappa shape index (κ3) is 4.89. The number of ether oxygens (including phenoxy) is 2. The molecule has 1 aliphatic heterocycles. The van der Waals surface area contributed by atoms with Gasteiger partial charge < -0.3 is 14.0 Å². The normalized spacial score (nSPS) is 13.4. The maximum Gasteiger partial charge on any atom is 0.275 e. The van der Waals surface area contributed by atoms with E-state index in [1.54, 1.807) is 23.8 Å². The molecule has 0 bridgehead atoms. The molecule has 0 unspecified atom stereocenters. The number of rotatable bonds is 9. The van der Waals surface area contributed by atoms with Crippen molar-refractivity contribution in [2.24, 2.45) is 0 Å². The largest absolute Gasteiger partial charge is 0.491 e. The number of aromatic nitrogens is 6. The lowest BCUT2D eigenvalue weighted by molar-refractivity contribution is 0.259. The number of hydrogen-bond acceptors (Lipinski definition) is 10. The summed E-state index contributed by atoms with van der Waals surface area (Å²) in [6.45, 7) is 8.67. The molecule has 4 aromatic heterocycles. The van der Waals surface area contributed by atoms with Gasteiger partial charge in [0.1, 0.15) is 12.4 Å². The molecule has 5 heterocycles. The van der Waals surface area contributed by atoms with E-state index in [-0.39, 0.29) is 6.61 Å². The molecule has 0 radical (unpaired) electrons. The first-order valence-electron chi connectivity index (χ1n) is 11.6. The lowest BCUT2D eigenvalue weighted by Crippen LogP contribution is -2.32. The third-order valence-electron chi connectivity index (χ3n) is 5.98. The Morgan fingerprint density at radius 1 is 1.28 bits per heavy atom. The molecule has 36 heavy (non-hydrogen) atoms. The Balaban J connectivity index is 1.29. The molecular formula is C25H26N8O3. The smallest absolute Gasteiger partial charge is 0.275 e. The zero-order valence-corrected chi connectivity index (χ0v) is 20.3. The predicted molar refractivity (Wildman–Crippen MR) is 129 cm³/mol. The summed E-state index contributed by atoms with van der Waals surface area (Å²) >= 11 is 0. The highest BCUT2D eigenvalue weighted by Gasteiger charge is 2.20. The zero-order valence-electron chi connectivity index (χ0n) is 20.3. The summed E-state index contributed by atoms with van der Waals surface area (Å²) in [4.78, 5) is 7.17. The highest BCUT2D eigenvalue weighted by atomic mass is 16.5. The number of pyridine rings is 1. The van der Waals surface area contributed by atoms with Gasteiger partial charge in [0.2, 0.25) is 5.82 Å². The molecule has 5 rings (SSSR count). The van der Waals surface area contributed by atoms with Crippen molar-refractivity contribution in [1.29, 1.82) is 5.26 Å². The van der Waals surface area contributed by atoms with E-state index in [1.807, 2.05) is 13.0 Å². The first-order valence-corrected chi connectivity index (χ1v) is 11.6. The Kier molecular flexibility index (Phi) is 6.60. The number of hydrogen-bond donors (Lipinski definition) is 0. The fourth-order valence-electron chi connectivity index (χ4n) is 4.18. The number of aryl methyl sites for hydroxylation is 1. The molecule has 11 heteroatoms. The van der Waals surface area contributed by atoms with Gasteiger partial charge in [0, 0.05) is 50.3 Å². The summed E-state index contributed by atoms with van der Waals surface area (Å²) in [6.07, 6.45) is 2.11. The van der Waals surface area contributed by atoms with E-state index in [1.165, 1.54) is 5.56 Å². The third-order valence-corrected chi connectivity index (χ3v) is 5.98. The minimum absolute atomic E-state index is 0.233. The van der Waals surface area contributed by atoms with Crippen LogP contribution in [0.15, 0.2) is 40.9 Å². The quantitative estimate of drug-likeness (QED) is 0.325. The van der Waals surface area contributed by atoms with Crippen molar-refractivity contribution in [3.63, 3.8) is 0 Å². The molecular weight excluding hydrogens is 460 g/mol. The maximum absolute atomic E-state index is 8.77. The summed E-state index contributed by atoms with van der Waals surface area (Å²) in [7, 11) is 1.55. The van der Waals surface area contributed by atoms with Gasteiger partial charge in [0.25, 0.3) is 5.88 Å². The van der Waals surface area contributed by atoms with Crippen molar-refractivity contribution in [2.75, 3.05) is 20.2 Å². The van der Waals surface area contributed by atoms with E-state index in [4.69, 9.17) is 24.2 Å². The highest BCUT2D eigenvalue weighted by Crippen LogP contribution is 2.28. The van der Waals surface area contributed by atoms with Gasteiger partial charge in [0.05, 0.1) is 18.9 Å². The van der Waals surface area contributed by atoms with Gasteiger partial charge in [0.15, 0.2) is 17.1 Å². The van der Waals surface area contributed by atoms with E-state index in [0.717, 1.165) is 49.4 Å². The van der Waals surface area contributed by atoms with Crippen LogP contribution in [0.1, 0.15) is 35.6 Å². The number of fused-ring (bicyclic) bond motifs is 2. The van der Waals surface area contributed by atoms with Crippen LogP contribution in [0.5, 0.6) is 11.6 Å². The molecule has 0 aliphatic carbocycles. The molecule has 11 nitrogen and oxygen atoms in total. The van der Waals surface area contributed by atoms with Crippen LogP contribution >= 0.6 is 0 Å². The fraction of sp³-hybridized carbons (Fsp3) is 0.360. The zero-order chi connectivity index (χ0) is 25.1. The van der Waals surface area contributed by atoms with Gasteiger partial charge in [-0.05, 0) is 25.0 Å². The maximum atomic E-state index is 8.77. The number of nitrogens with zero attached hydrogens (tertiary/aromatic N) is 8. The SMILES string of the molecule is C=C(CCC#N)CN1CCc2nc(COc3nn4c(-c5cc(C)on5)nnc4cc3OC)ccc2C1. The Bertz CT molecular complexity index is 1450. The lowest BCUT2D eigenvalue weighted by atomic mass is 10.0. The predicted octanol–water partition coefficient (Wildman–Crippen LogP) is 3.29. The Morgan fingerprint density at radius 2 is 2.17 bits per heavy atom. The van der Waals surface area contributed by atoms with Crippen LogP contribution in [0.3, 0.4) is 0 Å². The van der Waals surface area contributed by atoms with Gasteiger partial charge in [-0.1, -0.05) is 23.4 Å². The van der Waals surface area contributed by atoms with Gasteiger partial charge in [-0.3, -0.25) is 9.88 Å². The summed E-state index contributed by atoms with van der Waals surface area (Å²) < 4.78 is 18.2. The first-order chi connectivity index (χ1) is 17.5. The van der Waals surface area contributed by atoms with Gasteiger partial charge in [-0.15, -0.1) is 15.3 Å². The summed E-state index contributed by atoms with van der Waals surface area (Å²) in [5, 5.41) is 25.7. The first kappa shape index (κ1) is 23.4. The number of nitriles is 1. The molecule has 0 amide bonds. The van der Waals surface area contributed by atoms with E-state index in [9.17, 15) is 0 Å². The van der Waals surface area contributed by atoms with Crippen LogP contribution in [0.2, 0.25) is 0 Å². The van der Waals surface area contributed by atoms with E-state index >= 15 is 0 Å².